The lowest BCUT2D eigenvalue weighted by atomic mass is 10.00. The highest BCUT2D eigenvalue weighted by Crippen LogP contribution is 2.36. The monoisotopic (exact) mass is 266 g/mol. The maximum atomic E-state index is 3.54. The zero-order valence-corrected chi connectivity index (χ0v) is 11.4. The molecule has 4 aromatic carbocycles. The van der Waals surface area contributed by atoms with E-state index < -0.39 is 0 Å². The second-order valence-corrected chi connectivity index (χ2v) is 5.46. The highest BCUT2D eigenvalue weighted by atomic mass is 14.7. The molecule has 1 radical (unpaired) electrons. The minimum atomic E-state index is 1.18. The van der Waals surface area contributed by atoms with Crippen LogP contribution in [0.1, 0.15) is 0 Å². The van der Waals surface area contributed by atoms with Crippen molar-refractivity contribution < 1.29 is 0 Å². The summed E-state index contributed by atoms with van der Waals surface area (Å²) in [5.41, 5.74) is 2.37. The van der Waals surface area contributed by atoms with Crippen molar-refractivity contribution >= 4 is 43.4 Å². The molecule has 1 N–H and O–H groups in total. The van der Waals surface area contributed by atoms with Gasteiger partial charge in [0.05, 0.1) is 0 Å². The Bertz CT molecular complexity index is 1040. The molecule has 0 saturated carbocycles. The third-order valence-electron chi connectivity index (χ3n) is 4.29. The molecular formula is C20H12N. The summed E-state index contributed by atoms with van der Waals surface area (Å²) in [5.74, 6) is 0. The summed E-state index contributed by atoms with van der Waals surface area (Å²) in [6.07, 6.45) is 0. The molecule has 5 aromatic rings. The predicted octanol–water partition coefficient (Wildman–Crippen LogP) is 5.43. The lowest BCUT2D eigenvalue weighted by molar-refractivity contribution is 1.56. The molecule has 21 heavy (non-hydrogen) atoms. The SMILES string of the molecule is [c]1cccc2ccc3[nH]c4ccc5ccccc5c4c3c12. The highest BCUT2D eigenvalue weighted by Gasteiger charge is 2.10. The number of benzene rings is 4. The molecule has 1 nitrogen and oxygen atoms in total. The molecule has 0 spiro atoms. The summed E-state index contributed by atoms with van der Waals surface area (Å²) in [6, 6.07) is 26.8. The fourth-order valence-corrected chi connectivity index (χ4v) is 3.35. The number of aromatic amines is 1. The van der Waals surface area contributed by atoms with Gasteiger partial charge < -0.3 is 4.98 Å². The first-order valence-corrected chi connectivity index (χ1v) is 7.14. The Morgan fingerprint density at radius 2 is 1.43 bits per heavy atom. The van der Waals surface area contributed by atoms with Crippen molar-refractivity contribution in [1.29, 1.82) is 0 Å². The minimum Gasteiger partial charge on any atom is -0.354 e. The van der Waals surface area contributed by atoms with Crippen LogP contribution in [0.15, 0.2) is 66.7 Å². The van der Waals surface area contributed by atoms with E-state index >= 15 is 0 Å². The molecule has 0 bridgehead atoms. The van der Waals surface area contributed by atoms with E-state index in [2.05, 4.69) is 65.6 Å². The lowest BCUT2D eigenvalue weighted by Gasteiger charge is -2.02. The second-order valence-electron chi connectivity index (χ2n) is 5.46. The quantitative estimate of drug-likeness (QED) is 0.385. The molecule has 0 aliphatic rings. The Morgan fingerprint density at radius 3 is 2.38 bits per heavy atom. The van der Waals surface area contributed by atoms with Crippen LogP contribution in [0.4, 0.5) is 0 Å². The van der Waals surface area contributed by atoms with Crippen LogP contribution < -0.4 is 0 Å². The number of nitrogens with one attached hydrogen (secondary N) is 1. The van der Waals surface area contributed by atoms with Crippen molar-refractivity contribution in [3.8, 4) is 0 Å². The van der Waals surface area contributed by atoms with Gasteiger partial charge in [-0.15, -0.1) is 0 Å². The van der Waals surface area contributed by atoms with Gasteiger partial charge in [-0.05, 0) is 39.7 Å². The van der Waals surface area contributed by atoms with E-state index in [0.717, 1.165) is 0 Å². The summed E-state index contributed by atoms with van der Waals surface area (Å²) < 4.78 is 0. The van der Waals surface area contributed by atoms with Crippen LogP contribution in [0.2, 0.25) is 0 Å². The van der Waals surface area contributed by atoms with Gasteiger partial charge in [0.15, 0.2) is 0 Å². The molecule has 5 rings (SSSR count). The molecule has 0 unspecified atom stereocenters. The second kappa shape index (κ2) is 3.86. The fourth-order valence-electron chi connectivity index (χ4n) is 3.35. The molecule has 0 aliphatic carbocycles. The fraction of sp³-hybridized carbons (Fsp3) is 0. The molecule has 0 fully saturated rings. The van der Waals surface area contributed by atoms with Gasteiger partial charge in [0.25, 0.3) is 0 Å². The van der Waals surface area contributed by atoms with Crippen LogP contribution in [0, 0.1) is 6.07 Å². The van der Waals surface area contributed by atoms with Crippen molar-refractivity contribution in [2.75, 3.05) is 0 Å². The van der Waals surface area contributed by atoms with E-state index in [9.17, 15) is 0 Å². The van der Waals surface area contributed by atoms with Crippen LogP contribution in [0.25, 0.3) is 43.4 Å². The number of hydrogen-bond donors (Lipinski definition) is 1. The van der Waals surface area contributed by atoms with Gasteiger partial charge in [-0.1, -0.05) is 54.6 Å². The highest BCUT2D eigenvalue weighted by molar-refractivity contribution is 6.27. The van der Waals surface area contributed by atoms with Crippen molar-refractivity contribution in [2.24, 2.45) is 0 Å². The van der Waals surface area contributed by atoms with E-state index in [1.54, 1.807) is 0 Å². The lowest BCUT2D eigenvalue weighted by Crippen LogP contribution is -1.76. The molecular weight excluding hydrogens is 254 g/mol. The van der Waals surface area contributed by atoms with Gasteiger partial charge in [-0.2, -0.15) is 0 Å². The summed E-state index contributed by atoms with van der Waals surface area (Å²) in [6.45, 7) is 0. The summed E-state index contributed by atoms with van der Waals surface area (Å²) in [4.78, 5) is 3.54. The maximum Gasteiger partial charge on any atom is 0.0471 e. The molecule has 0 atom stereocenters. The third-order valence-corrected chi connectivity index (χ3v) is 4.29. The summed E-state index contributed by atoms with van der Waals surface area (Å²) in [7, 11) is 0. The predicted molar refractivity (Wildman–Crippen MR) is 89.7 cm³/mol. The van der Waals surface area contributed by atoms with Crippen LogP contribution in [0.3, 0.4) is 0 Å². The zero-order chi connectivity index (χ0) is 13.8. The number of aromatic nitrogens is 1. The van der Waals surface area contributed by atoms with Crippen molar-refractivity contribution in [3.05, 3.63) is 72.8 Å². The number of rotatable bonds is 0. The standard InChI is InChI=1S/C20H12N/c1-3-7-15-13(5-1)9-11-17-19(15)20-16-8-4-2-6-14(16)10-12-18(20)21-17/h1-7,9-12,21H. The summed E-state index contributed by atoms with van der Waals surface area (Å²) in [5, 5.41) is 7.58. The van der Waals surface area contributed by atoms with E-state index in [1.807, 2.05) is 12.1 Å². The third kappa shape index (κ3) is 1.40. The first-order chi connectivity index (χ1) is 10.4. The molecule has 0 aliphatic heterocycles. The van der Waals surface area contributed by atoms with E-state index in [-0.39, 0.29) is 0 Å². The largest absolute Gasteiger partial charge is 0.354 e. The first-order valence-electron chi connectivity index (χ1n) is 7.14. The van der Waals surface area contributed by atoms with Crippen LogP contribution >= 0.6 is 0 Å². The topological polar surface area (TPSA) is 15.8 Å². The molecule has 0 saturated heterocycles. The van der Waals surface area contributed by atoms with Crippen molar-refractivity contribution in [1.82, 2.24) is 4.98 Å². The molecule has 1 aromatic heterocycles. The molecule has 97 valence electrons. The normalized spacial score (nSPS) is 11.8. The Labute approximate surface area is 121 Å². The van der Waals surface area contributed by atoms with Crippen LogP contribution in [-0.4, -0.2) is 4.98 Å². The minimum absolute atomic E-state index is 1.18. The van der Waals surface area contributed by atoms with Gasteiger partial charge in [0, 0.05) is 21.8 Å². The maximum absolute atomic E-state index is 3.54. The van der Waals surface area contributed by atoms with Gasteiger partial charge >= 0.3 is 0 Å². The van der Waals surface area contributed by atoms with Gasteiger partial charge in [-0.25, -0.2) is 0 Å². The Kier molecular flexibility index (Phi) is 2.01. The molecule has 0 amide bonds. The van der Waals surface area contributed by atoms with Crippen LogP contribution in [0.5, 0.6) is 0 Å². The van der Waals surface area contributed by atoms with Gasteiger partial charge in [-0.3, -0.25) is 0 Å². The van der Waals surface area contributed by atoms with E-state index in [4.69, 9.17) is 0 Å². The van der Waals surface area contributed by atoms with Gasteiger partial charge in [0.2, 0.25) is 0 Å². The smallest absolute Gasteiger partial charge is 0.0471 e. The average molecular weight is 266 g/mol. The van der Waals surface area contributed by atoms with Crippen molar-refractivity contribution in [3.63, 3.8) is 0 Å². The Hall–Kier alpha value is -2.80. The molecule has 1 heterocycles. The van der Waals surface area contributed by atoms with Gasteiger partial charge in [0.1, 0.15) is 0 Å². The van der Waals surface area contributed by atoms with E-state index in [1.165, 1.54) is 43.4 Å². The Morgan fingerprint density at radius 1 is 0.667 bits per heavy atom. The number of H-pyrrole nitrogens is 1. The van der Waals surface area contributed by atoms with E-state index in [0.29, 0.717) is 0 Å². The summed E-state index contributed by atoms with van der Waals surface area (Å²) >= 11 is 0. The number of hydrogen-bond acceptors (Lipinski definition) is 0. The molecule has 1 heteroatoms. The van der Waals surface area contributed by atoms with Crippen LogP contribution in [-0.2, 0) is 0 Å². The number of fused-ring (bicyclic) bond motifs is 7. The average Bonchev–Trinajstić information content (AvgIpc) is 2.94. The zero-order valence-electron chi connectivity index (χ0n) is 11.4. The van der Waals surface area contributed by atoms with Crippen molar-refractivity contribution in [2.45, 2.75) is 0 Å². The Balaban J connectivity index is 2.18. The first kappa shape index (κ1) is 10.9.